The van der Waals surface area contributed by atoms with E-state index in [1.807, 2.05) is 52.0 Å². The first kappa shape index (κ1) is 23.1. The van der Waals surface area contributed by atoms with Crippen molar-refractivity contribution in [3.8, 4) is 11.1 Å². The molecule has 0 saturated heterocycles. The molecule has 0 bridgehead atoms. The molecule has 0 saturated carbocycles. The second kappa shape index (κ2) is 8.91. The Kier molecular flexibility index (Phi) is 6.87. The maximum absolute atomic E-state index is 15.2. The third-order valence-electron chi connectivity index (χ3n) is 5.03. The van der Waals surface area contributed by atoms with Crippen LogP contribution < -0.4 is 4.72 Å². The summed E-state index contributed by atoms with van der Waals surface area (Å²) >= 11 is 5.12. The number of hydrogen-bond donors (Lipinski definition) is 1. The van der Waals surface area contributed by atoms with E-state index in [1.54, 1.807) is 12.1 Å². The largest absolute Gasteiger partial charge is 0.598 e. The molecule has 0 aliphatic carbocycles. The molecule has 3 nitrogen and oxygen atoms in total. The van der Waals surface area contributed by atoms with Crippen LogP contribution in [0.2, 0.25) is 5.02 Å². The SMILES string of the molecule is CC(C)Cn1cc([C@@H](C)N[S@@+]([O-])C(C)(C)C)c2cc(F)c(-c3ccccc3Cl)cc21. The Morgan fingerprint density at radius 3 is 2.40 bits per heavy atom. The predicted molar refractivity (Wildman–Crippen MR) is 127 cm³/mol. The first-order chi connectivity index (χ1) is 14.0. The van der Waals surface area contributed by atoms with E-state index in [0.717, 1.165) is 23.0 Å². The lowest BCUT2D eigenvalue weighted by Gasteiger charge is -2.26. The zero-order chi connectivity index (χ0) is 22.2. The normalized spacial score (nSPS) is 14.5. The lowest BCUT2D eigenvalue weighted by Crippen LogP contribution is -2.40. The Hall–Kier alpha value is -1.53. The first-order valence-corrected chi connectivity index (χ1v) is 11.8. The molecule has 0 aliphatic heterocycles. The summed E-state index contributed by atoms with van der Waals surface area (Å²) in [5.41, 5.74) is 3.05. The maximum atomic E-state index is 15.2. The van der Waals surface area contributed by atoms with Crippen molar-refractivity contribution in [1.82, 2.24) is 9.29 Å². The average molecular weight is 449 g/mol. The Balaban J connectivity index is 2.14. The molecule has 0 unspecified atom stereocenters. The summed E-state index contributed by atoms with van der Waals surface area (Å²) in [6.07, 6.45) is 2.05. The highest BCUT2D eigenvalue weighted by Gasteiger charge is 2.29. The van der Waals surface area contributed by atoms with Crippen molar-refractivity contribution in [1.29, 1.82) is 0 Å². The number of halogens is 2. The van der Waals surface area contributed by atoms with Gasteiger partial charge in [0.2, 0.25) is 0 Å². The fourth-order valence-electron chi connectivity index (χ4n) is 3.51. The van der Waals surface area contributed by atoms with E-state index in [2.05, 4.69) is 29.3 Å². The van der Waals surface area contributed by atoms with Gasteiger partial charge in [-0.05, 0) is 57.4 Å². The van der Waals surface area contributed by atoms with Gasteiger partial charge < -0.3 is 9.12 Å². The van der Waals surface area contributed by atoms with Crippen LogP contribution >= 0.6 is 11.6 Å². The molecule has 0 aliphatic rings. The van der Waals surface area contributed by atoms with Crippen LogP contribution in [-0.2, 0) is 17.9 Å². The summed E-state index contributed by atoms with van der Waals surface area (Å²) in [7, 11) is 0. The molecule has 0 spiro atoms. The number of fused-ring (bicyclic) bond motifs is 1. The molecular weight excluding hydrogens is 419 g/mol. The van der Waals surface area contributed by atoms with Crippen LogP contribution in [0, 0.1) is 11.7 Å². The average Bonchev–Trinajstić information content (AvgIpc) is 2.97. The molecule has 0 radical (unpaired) electrons. The van der Waals surface area contributed by atoms with Crippen molar-refractivity contribution in [2.75, 3.05) is 0 Å². The Bertz CT molecular complexity index is 1040. The van der Waals surface area contributed by atoms with E-state index in [4.69, 9.17) is 11.6 Å². The highest BCUT2D eigenvalue weighted by Crippen LogP contribution is 2.36. The van der Waals surface area contributed by atoms with Crippen LogP contribution in [0.4, 0.5) is 4.39 Å². The van der Waals surface area contributed by atoms with Gasteiger partial charge in [0.15, 0.2) is 0 Å². The molecule has 3 rings (SSSR count). The predicted octanol–water partition coefficient (Wildman–Crippen LogP) is 6.87. The minimum Gasteiger partial charge on any atom is -0.598 e. The second-order valence-electron chi connectivity index (χ2n) is 9.18. The summed E-state index contributed by atoms with van der Waals surface area (Å²) in [6, 6.07) is 10.6. The molecule has 3 aromatic rings. The van der Waals surface area contributed by atoms with Crippen LogP contribution in [0.5, 0.6) is 0 Å². The second-order valence-corrected chi connectivity index (χ2v) is 11.6. The molecule has 1 N–H and O–H groups in total. The standard InChI is InChI=1S/C24H30ClFN2OS/c1-15(2)13-28-14-20(16(3)27-30(29)24(4,5)6)19-11-22(26)18(12-23(19)28)17-9-7-8-10-21(17)25/h7-12,14-16,27H,13H2,1-6H3/t16-,30+/m1/s1. The monoisotopic (exact) mass is 448 g/mol. The van der Waals surface area contributed by atoms with Crippen molar-refractivity contribution >= 4 is 33.9 Å². The van der Waals surface area contributed by atoms with E-state index >= 15 is 4.39 Å². The van der Waals surface area contributed by atoms with Gasteiger partial charge in [0, 0.05) is 51.2 Å². The fraction of sp³-hybridized carbons (Fsp3) is 0.417. The van der Waals surface area contributed by atoms with Gasteiger partial charge in [-0.2, -0.15) is 0 Å². The van der Waals surface area contributed by atoms with E-state index in [1.165, 1.54) is 0 Å². The summed E-state index contributed by atoms with van der Waals surface area (Å²) in [5, 5.41) is 1.35. The van der Waals surface area contributed by atoms with Crippen molar-refractivity contribution in [2.45, 2.75) is 58.9 Å². The number of aromatic nitrogens is 1. The molecule has 6 heteroatoms. The zero-order valence-electron chi connectivity index (χ0n) is 18.4. The van der Waals surface area contributed by atoms with Crippen LogP contribution in [-0.4, -0.2) is 13.9 Å². The number of hydrogen-bond acceptors (Lipinski definition) is 2. The summed E-state index contributed by atoms with van der Waals surface area (Å²) in [5.74, 6) is 0.109. The number of benzene rings is 2. The maximum Gasteiger partial charge on any atom is 0.136 e. The molecule has 30 heavy (non-hydrogen) atoms. The van der Waals surface area contributed by atoms with Gasteiger partial charge in [0.25, 0.3) is 0 Å². The number of nitrogens with one attached hydrogen (secondary N) is 1. The molecule has 1 aromatic heterocycles. The Morgan fingerprint density at radius 2 is 1.80 bits per heavy atom. The van der Waals surface area contributed by atoms with E-state index < -0.39 is 11.4 Å². The molecule has 2 atom stereocenters. The van der Waals surface area contributed by atoms with Crippen molar-refractivity contribution < 1.29 is 8.94 Å². The number of nitrogens with zero attached hydrogens (tertiary/aromatic N) is 1. The van der Waals surface area contributed by atoms with Crippen LogP contribution in [0.3, 0.4) is 0 Å². The summed E-state index contributed by atoms with van der Waals surface area (Å²) in [6.45, 7) is 12.9. The van der Waals surface area contributed by atoms with Gasteiger partial charge in [-0.25, -0.2) is 4.39 Å². The molecular formula is C24H30ClFN2OS. The van der Waals surface area contributed by atoms with E-state index in [-0.39, 0.29) is 16.6 Å². The topological polar surface area (TPSA) is 40.0 Å². The lowest BCUT2D eigenvalue weighted by atomic mass is 10.0. The zero-order valence-corrected chi connectivity index (χ0v) is 20.0. The van der Waals surface area contributed by atoms with Gasteiger partial charge in [-0.1, -0.05) is 43.6 Å². The molecule has 1 heterocycles. The Morgan fingerprint density at radius 1 is 1.13 bits per heavy atom. The third-order valence-corrected chi connectivity index (χ3v) is 7.04. The molecule has 162 valence electrons. The van der Waals surface area contributed by atoms with Gasteiger partial charge in [0.05, 0.1) is 6.04 Å². The van der Waals surface area contributed by atoms with Crippen molar-refractivity contribution in [3.63, 3.8) is 0 Å². The smallest absolute Gasteiger partial charge is 0.136 e. The van der Waals surface area contributed by atoms with E-state index in [0.29, 0.717) is 22.1 Å². The lowest BCUT2D eigenvalue weighted by molar-refractivity contribution is 0.525. The minimum atomic E-state index is -1.23. The van der Waals surface area contributed by atoms with Crippen LogP contribution in [0.1, 0.15) is 53.1 Å². The van der Waals surface area contributed by atoms with Gasteiger partial charge >= 0.3 is 0 Å². The van der Waals surface area contributed by atoms with Crippen LogP contribution in [0.15, 0.2) is 42.6 Å². The molecule has 2 aromatic carbocycles. The van der Waals surface area contributed by atoms with Gasteiger partial charge in [-0.3, -0.25) is 0 Å². The molecule has 0 fully saturated rings. The number of rotatable bonds is 6. The van der Waals surface area contributed by atoms with Gasteiger partial charge in [0.1, 0.15) is 10.6 Å². The van der Waals surface area contributed by atoms with Crippen molar-refractivity contribution in [2.24, 2.45) is 5.92 Å². The quantitative estimate of drug-likeness (QED) is 0.418. The molecule has 0 amide bonds. The highest BCUT2D eigenvalue weighted by molar-refractivity contribution is 7.90. The van der Waals surface area contributed by atoms with Gasteiger partial charge in [-0.15, -0.1) is 4.72 Å². The Labute approximate surface area is 186 Å². The highest BCUT2D eigenvalue weighted by atomic mass is 35.5. The van der Waals surface area contributed by atoms with Crippen LogP contribution in [0.25, 0.3) is 22.0 Å². The fourth-order valence-corrected chi connectivity index (χ4v) is 4.55. The summed E-state index contributed by atoms with van der Waals surface area (Å²) < 4.78 is 32.8. The minimum absolute atomic E-state index is 0.188. The van der Waals surface area contributed by atoms with Crippen molar-refractivity contribution in [3.05, 3.63) is 59.0 Å². The van der Waals surface area contributed by atoms with E-state index in [9.17, 15) is 4.55 Å². The first-order valence-electron chi connectivity index (χ1n) is 10.2. The third kappa shape index (κ3) is 4.86. The summed E-state index contributed by atoms with van der Waals surface area (Å²) in [4.78, 5) is 0.